The Kier molecular flexibility index (Phi) is 6.47. The standard InChI is InChI=1S/C26H27ClN2O2S/c27-18-8-6-7-17(15-18)22-14-13-20(31-22)16-28-26-24(21-11-4-5-12-23(21)32-26)25(30)29-19-9-2-1-3-10-19/h6-8,13-16,19H,1-5,9-12H2,(H,29,30)/b28-16-. The molecule has 2 aliphatic carbocycles. The number of nitrogens with zero attached hydrogens (tertiary/aromatic N) is 1. The van der Waals surface area contributed by atoms with E-state index in [0.717, 1.165) is 54.0 Å². The van der Waals surface area contributed by atoms with Crippen LogP contribution in [-0.2, 0) is 12.8 Å². The SMILES string of the molecule is O=C(NC1CCCCC1)c1c(/N=C\c2ccc(-c3cccc(Cl)c3)o2)sc2c1CCCC2. The predicted octanol–water partition coefficient (Wildman–Crippen LogP) is 7.35. The van der Waals surface area contributed by atoms with Gasteiger partial charge in [0.1, 0.15) is 16.5 Å². The van der Waals surface area contributed by atoms with Gasteiger partial charge in [-0.05, 0) is 68.4 Å². The molecule has 0 aliphatic heterocycles. The molecule has 166 valence electrons. The summed E-state index contributed by atoms with van der Waals surface area (Å²) in [6.45, 7) is 0. The summed E-state index contributed by atoms with van der Waals surface area (Å²) < 4.78 is 5.97. The normalized spacial score (nSPS) is 16.9. The second-order valence-electron chi connectivity index (χ2n) is 8.67. The molecule has 4 nitrogen and oxygen atoms in total. The van der Waals surface area contributed by atoms with Gasteiger partial charge in [0, 0.05) is 21.5 Å². The van der Waals surface area contributed by atoms with Crippen LogP contribution in [0.1, 0.15) is 71.5 Å². The molecule has 3 aromatic rings. The first-order valence-electron chi connectivity index (χ1n) is 11.5. The number of aliphatic imine (C=N–C) groups is 1. The van der Waals surface area contributed by atoms with Crippen molar-refractivity contribution in [3.05, 3.63) is 63.2 Å². The number of thiophene rings is 1. The van der Waals surface area contributed by atoms with Crippen LogP contribution in [0.15, 0.2) is 45.8 Å². The molecule has 0 saturated heterocycles. The van der Waals surface area contributed by atoms with E-state index in [1.165, 1.54) is 36.1 Å². The van der Waals surface area contributed by atoms with E-state index in [0.29, 0.717) is 10.8 Å². The molecule has 1 saturated carbocycles. The maximum absolute atomic E-state index is 13.3. The summed E-state index contributed by atoms with van der Waals surface area (Å²) in [7, 11) is 0. The van der Waals surface area contributed by atoms with Crippen LogP contribution in [-0.4, -0.2) is 18.2 Å². The van der Waals surface area contributed by atoms with Crippen molar-refractivity contribution < 1.29 is 9.21 Å². The molecule has 6 heteroatoms. The summed E-state index contributed by atoms with van der Waals surface area (Å²) in [6.07, 6.45) is 11.9. The molecule has 1 amide bonds. The van der Waals surface area contributed by atoms with Crippen molar-refractivity contribution >= 4 is 40.1 Å². The van der Waals surface area contributed by atoms with Crippen LogP contribution in [0.3, 0.4) is 0 Å². The van der Waals surface area contributed by atoms with Gasteiger partial charge in [-0.25, -0.2) is 4.99 Å². The van der Waals surface area contributed by atoms with Gasteiger partial charge in [0.15, 0.2) is 0 Å². The highest BCUT2D eigenvalue weighted by atomic mass is 35.5. The van der Waals surface area contributed by atoms with Crippen LogP contribution >= 0.6 is 22.9 Å². The van der Waals surface area contributed by atoms with Crippen LogP contribution in [0.25, 0.3) is 11.3 Å². The molecule has 2 aromatic heterocycles. The Morgan fingerprint density at radius 2 is 1.94 bits per heavy atom. The largest absolute Gasteiger partial charge is 0.455 e. The van der Waals surface area contributed by atoms with Gasteiger partial charge in [-0.1, -0.05) is 43.0 Å². The second-order valence-corrected chi connectivity index (χ2v) is 10.2. The highest BCUT2D eigenvalue weighted by Crippen LogP contribution is 2.40. The fourth-order valence-electron chi connectivity index (χ4n) is 4.72. The number of furan rings is 1. The molecule has 0 unspecified atom stereocenters. The van der Waals surface area contributed by atoms with Crippen LogP contribution in [0.4, 0.5) is 5.00 Å². The number of aryl methyl sites for hydroxylation is 1. The van der Waals surface area contributed by atoms with Gasteiger partial charge in [0.05, 0.1) is 11.8 Å². The average Bonchev–Trinajstić information content (AvgIpc) is 3.43. The lowest BCUT2D eigenvalue weighted by atomic mass is 9.93. The zero-order valence-electron chi connectivity index (χ0n) is 18.0. The molecule has 0 bridgehead atoms. The third kappa shape index (κ3) is 4.69. The summed E-state index contributed by atoms with van der Waals surface area (Å²) in [5.41, 5.74) is 2.92. The van der Waals surface area contributed by atoms with E-state index >= 15 is 0 Å². The summed E-state index contributed by atoms with van der Waals surface area (Å²) >= 11 is 7.76. The lowest BCUT2D eigenvalue weighted by molar-refractivity contribution is 0.0927. The van der Waals surface area contributed by atoms with Crippen LogP contribution < -0.4 is 5.32 Å². The Balaban J connectivity index is 1.40. The predicted molar refractivity (Wildman–Crippen MR) is 132 cm³/mol. The Hall–Kier alpha value is -2.37. The van der Waals surface area contributed by atoms with Crippen molar-refractivity contribution in [3.8, 4) is 11.3 Å². The van der Waals surface area contributed by atoms with Crippen molar-refractivity contribution in [2.24, 2.45) is 4.99 Å². The van der Waals surface area contributed by atoms with E-state index in [9.17, 15) is 4.79 Å². The minimum Gasteiger partial charge on any atom is -0.455 e. The summed E-state index contributed by atoms with van der Waals surface area (Å²) in [5, 5.41) is 4.77. The van der Waals surface area contributed by atoms with Gasteiger partial charge in [-0.2, -0.15) is 0 Å². The van der Waals surface area contributed by atoms with Gasteiger partial charge in [0.25, 0.3) is 5.91 Å². The molecule has 1 N–H and O–H groups in total. The van der Waals surface area contributed by atoms with E-state index < -0.39 is 0 Å². The lowest BCUT2D eigenvalue weighted by Crippen LogP contribution is -2.36. The van der Waals surface area contributed by atoms with Crippen molar-refractivity contribution in [1.82, 2.24) is 5.32 Å². The first-order valence-corrected chi connectivity index (χ1v) is 12.7. The number of amides is 1. The van der Waals surface area contributed by atoms with Crippen molar-refractivity contribution in [3.63, 3.8) is 0 Å². The number of rotatable bonds is 5. The molecule has 32 heavy (non-hydrogen) atoms. The number of benzene rings is 1. The van der Waals surface area contributed by atoms with Gasteiger partial charge in [0.2, 0.25) is 0 Å². The number of hydrogen-bond acceptors (Lipinski definition) is 4. The average molecular weight is 467 g/mol. The number of hydrogen-bond donors (Lipinski definition) is 1. The van der Waals surface area contributed by atoms with E-state index in [1.807, 2.05) is 36.4 Å². The minimum absolute atomic E-state index is 0.0440. The van der Waals surface area contributed by atoms with E-state index in [2.05, 4.69) is 5.32 Å². The number of carbonyl (C=O) groups excluding carboxylic acids is 1. The Morgan fingerprint density at radius 1 is 1.09 bits per heavy atom. The summed E-state index contributed by atoms with van der Waals surface area (Å²) in [4.78, 5) is 19.3. The fourth-order valence-corrected chi connectivity index (χ4v) is 6.14. The molecule has 2 aliphatic rings. The molecule has 2 heterocycles. The molecule has 0 atom stereocenters. The maximum atomic E-state index is 13.3. The monoisotopic (exact) mass is 466 g/mol. The summed E-state index contributed by atoms with van der Waals surface area (Å²) in [5.74, 6) is 1.45. The molecular formula is C26H27ClN2O2S. The number of fused-ring (bicyclic) bond motifs is 1. The number of halogens is 1. The van der Waals surface area contributed by atoms with Crippen molar-refractivity contribution in [1.29, 1.82) is 0 Å². The van der Waals surface area contributed by atoms with Crippen molar-refractivity contribution in [2.75, 3.05) is 0 Å². The lowest BCUT2D eigenvalue weighted by Gasteiger charge is -2.23. The first kappa shape index (κ1) is 21.5. The third-order valence-corrected chi connectivity index (χ3v) is 7.80. The molecule has 0 spiro atoms. The number of carbonyl (C=O) groups is 1. The van der Waals surface area contributed by atoms with E-state index in [1.54, 1.807) is 17.6 Å². The second kappa shape index (κ2) is 9.63. The van der Waals surface area contributed by atoms with E-state index in [-0.39, 0.29) is 11.9 Å². The molecule has 5 rings (SSSR count). The van der Waals surface area contributed by atoms with Crippen LogP contribution in [0.5, 0.6) is 0 Å². The van der Waals surface area contributed by atoms with E-state index in [4.69, 9.17) is 21.0 Å². The first-order chi connectivity index (χ1) is 15.7. The molecule has 0 radical (unpaired) electrons. The fraction of sp³-hybridized carbons (Fsp3) is 0.385. The molecule has 1 aromatic carbocycles. The third-order valence-electron chi connectivity index (χ3n) is 6.37. The summed E-state index contributed by atoms with van der Waals surface area (Å²) in [6, 6.07) is 11.7. The van der Waals surface area contributed by atoms with Gasteiger partial charge < -0.3 is 9.73 Å². The van der Waals surface area contributed by atoms with Crippen LogP contribution in [0.2, 0.25) is 5.02 Å². The Labute approximate surface area is 197 Å². The van der Waals surface area contributed by atoms with Gasteiger partial charge in [-0.3, -0.25) is 4.79 Å². The van der Waals surface area contributed by atoms with Crippen molar-refractivity contribution in [2.45, 2.75) is 63.8 Å². The minimum atomic E-state index is 0.0440. The smallest absolute Gasteiger partial charge is 0.254 e. The quantitative estimate of drug-likeness (QED) is 0.399. The van der Waals surface area contributed by atoms with Gasteiger partial charge in [-0.15, -0.1) is 11.3 Å². The highest BCUT2D eigenvalue weighted by molar-refractivity contribution is 7.16. The molecule has 1 fully saturated rings. The maximum Gasteiger partial charge on any atom is 0.254 e. The van der Waals surface area contributed by atoms with Gasteiger partial charge >= 0.3 is 0 Å². The Morgan fingerprint density at radius 3 is 2.78 bits per heavy atom. The number of nitrogens with one attached hydrogen (secondary N) is 1. The molecular weight excluding hydrogens is 440 g/mol. The Bertz CT molecular complexity index is 1140. The van der Waals surface area contributed by atoms with Crippen LogP contribution in [0, 0.1) is 0 Å². The highest BCUT2D eigenvalue weighted by Gasteiger charge is 2.27. The zero-order valence-corrected chi connectivity index (χ0v) is 19.6. The topological polar surface area (TPSA) is 54.6 Å². The zero-order chi connectivity index (χ0) is 21.9.